The molecule has 0 aliphatic rings. The largest absolute Gasteiger partial charge is 0.417 e. The van der Waals surface area contributed by atoms with Gasteiger partial charge in [0.1, 0.15) is 29.2 Å². The Balaban J connectivity index is 0.000000287. The lowest BCUT2D eigenvalue weighted by Crippen LogP contribution is -2.39. The SMILES string of the molecule is NN(C(=O)c1ccc(/C(F)=C/C(c2cc(Cl)c(Cl)c(Cl)c2)C(F)(F)F)cc1C(F)(F)F)c1cc(Cl)nnc1Cl.O=C(CNc1cc(Cl)nnc1Cl)c1ccc(/C(F)=C/C(c2cc(Cl)c(Cl)c(Cl)c2)C(F)(F)F)cc1C(F)(F)F. The second-order valence-electron chi connectivity index (χ2n) is 15.3. The highest BCUT2D eigenvalue weighted by molar-refractivity contribution is 6.48. The van der Waals surface area contributed by atoms with Crippen LogP contribution in [0.25, 0.3) is 11.7 Å². The molecule has 9 nitrogen and oxygen atoms in total. The number of benzene rings is 4. The number of amides is 1. The van der Waals surface area contributed by atoms with Crippen LogP contribution in [0.4, 0.5) is 72.8 Å². The zero-order chi connectivity index (χ0) is 58.7. The van der Waals surface area contributed by atoms with Gasteiger partial charge in [-0.25, -0.2) is 19.6 Å². The average molecular weight is 1310 g/mol. The van der Waals surface area contributed by atoms with Crippen molar-refractivity contribution in [1.29, 1.82) is 0 Å². The molecule has 33 heteroatoms. The van der Waals surface area contributed by atoms with Gasteiger partial charge >= 0.3 is 24.7 Å². The molecule has 2 unspecified atom stereocenters. The smallest absolute Gasteiger partial charge is 0.375 e. The number of nitrogens with two attached hydrogens (primary N) is 1. The maximum Gasteiger partial charge on any atom is 0.417 e. The number of ketones is 1. The molecule has 3 N–H and O–H groups in total. The summed E-state index contributed by atoms with van der Waals surface area (Å²) < 4.78 is 196. The first-order valence-corrected chi connectivity index (χ1v) is 24.0. The first-order valence-electron chi connectivity index (χ1n) is 20.2. The summed E-state index contributed by atoms with van der Waals surface area (Å²) in [5, 5.41) is 13.4. The van der Waals surface area contributed by atoms with E-state index < -0.39 is 122 Å². The normalized spacial score (nSPS) is 13.4. The van der Waals surface area contributed by atoms with Crippen molar-refractivity contribution in [3.63, 3.8) is 0 Å². The number of aromatic nitrogens is 4. The molecule has 6 aromatic rings. The van der Waals surface area contributed by atoms with E-state index in [1.54, 1.807) is 0 Å². The predicted octanol–water partition coefficient (Wildman–Crippen LogP) is 18.7. The van der Waals surface area contributed by atoms with Crippen molar-refractivity contribution in [2.45, 2.75) is 36.5 Å². The molecule has 0 saturated heterocycles. The highest BCUT2D eigenvalue weighted by Gasteiger charge is 2.43. The number of hydrogen-bond donors (Lipinski definition) is 2. The minimum absolute atomic E-state index is 0.00442. The second kappa shape index (κ2) is 25.4. The van der Waals surface area contributed by atoms with Crippen LogP contribution in [0.2, 0.25) is 50.7 Å². The molecule has 0 saturated carbocycles. The summed E-state index contributed by atoms with van der Waals surface area (Å²) in [6.07, 6.45) is -20.5. The monoisotopic (exact) mass is 1310 g/mol. The number of carbonyl (C=O) groups is 2. The Labute approximate surface area is 478 Å². The number of carbonyl (C=O) groups excluding carboxylic acids is 2. The minimum Gasteiger partial charge on any atom is -0.375 e. The molecule has 1 amide bonds. The van der Waals surface area contributed by atoms with Gasteiger partial charge in [0.05, 0.1) is 59.1 Å². The Morgan fingerprint density at radius 2 is 0.923 bits per heavy atom. The lowest BCUT2D eigenvalue weighted by atomic mass is 9.95. The number of alkyl halides is 12. The Hall–Kier alpha value is -4.66. The van der Waals surface area contributed by atoms with Gasteiger partial charge in [-0.3, -0.25) is 9.59 Å². The van der Waals surface area contributed by atoms with E-state index in [0.717, 1.165) is 36.4 Å². The summed E-state index contributed by atoms with van der Waals surface area (Å²) in [5.41, 5.74) is -8.63. The second-order valence-corrected chi connectivity index (χ2v) is 19.2. The van der Waals surface area contributed by atoms with Crippen LogP contribution >= 0.6 is 116 Å². The van der Waals surface area contributed by atoms with Crippen LogP contribution in [0.15, 0.2) is 84.9 Å². The van der Waals surface area contributed by atoms with Crippen molar-refractivity contribution in [3.05, 3.63) is 180 Å². The third-order valence-corrected chi connectivity index (χ3v) is 13.4. The molecule has 0 bridgehead atoms. The van der Waals surface area contributed by atoms with Gasteiger partial charge in [-0.2, -0.15) is 52.7 Å². The third-order valence-electron chi connectivity index (χ3n) is 10.1. The molecule has 2 heterocycles. The summed E-state index contributed by atoms with van der Waals surface area (Å²) >= 11 is 57.5. The lowest BCUT2D eigenvalue weighted by molar-refractivity contribution is -0.140. The highest BCUT2D eigenvalue weighted by Crippen LogP contribution is 2.45. The Morgan fingerprint density at radius 3 is 1.33 bits per heavy atom. The number of allylic oxidation sites excluding steroid dienone is 2. The van der Waals surface area contributed by atoms with E-state index in [2.05, 4.69) is 25.7 Å². The van der Waals surface area contributed by atoms with Gasteiger partial charge in [-0.05, 0) is 65.7 Å². The van der Waals surface area contributed by atoms with Crippen LogP contribution in [-0.2, 0) is 12.4 Å². The first-order chi connectivity index (χ1) is 35.9. The maximum atomic E-state index is 15.0. The van der Waals surface area contributed by atoms with Gasteiger partial charge in [-0.15, -0.1) is 20.4 Å². The first kappa shape index (κ1) is 64.2. The number of rotatable bonds is 12. The molecular weight excluding hydrogens is 1290 g/mol. The zero-order valence-electron chi connectivity index (χ0n) is 37.1. The Kier molecular flexibility index (Phi) is 20.9. The van der Waals surface area contributed by atoms with E-state index in [1.807, 2.05) is 0 Å². The molecule has 0 fully saturated rings. The van der Waals surface area contributed by atoms with Gasteiger partial charge in [-0.1, -0.05) is 134 Å². The fourth-order valence-electron chi connectivity index (χ4n) is 6.54. The summed E-state index contributed by atoms with van der Waals surface area (Å²) in [7, 11) is 0. The summed E-state index contributed by atoms with van der Waals surface area (Å²) in [6.45, 7) is -0.712. The number of hydrazine groups is 1. The number of nitrogens with zero attached hydrogens (tertiary/aromatic N) is 5. The molecule has 78 heavy (non-hydrogen) atoms. The number of halogens is 24. The van der Waals surface area contributed by atoms with Crippen LogP contribution in [0.1, 0.15) is 65.9 Å². The fourth-order valence-corrected chi connectivity index (χ4v) is 8.39. The Bertz CT molecular complexity index is 3300. The van der Waals surface area contributed by atoms with E-state index in [0.29, 0.717) is 18.2 Å². The van der Waals surface area contributed by atoms with Gasteiger partial charge in [0.2, 0.25) is 0 Å². The van der Waals surface area contributed by atoms with E-state index in [-0.39, 0.29) is 80.6 Å². The van der Waals surface area contributed by atoms with Gasteiger partial charge in [0.15, 0.2) is 26.4 Å². The van der Waals surface area contributed by atoms with Crippen molar-refractivity contribution < 1.29 is 71.1 Å². The molecule has 2 aromatic heterocycles. The number of Topliss-reactive ketones (excluding diaryl/α,β-unsaturated/α-hetero) is 1. The highest BCUT2D eigenvalue weighted by atomic mass is 35.5. The molecule has 4 aromatic carbocycles. The van der Waals surface area contributed by atoms with Crippen LogP contribution in [0.5, 0.6) is 0 Å². The third kappa shape index (κ3) is 16.0. The fraction of sp³-hybridized carbons (Fsp3) is 0.156. The molecule has 0 aliphatic carbocycles. The zero-order valence-corrected chi connectivity index (χ0v) is 44.7. The van der Waals surface area contributed by atoms with Gasteiger partial charge in [0.25, 0.3) is 5.91 Å². The minimum atomic E-state index is -5.26. The van der Waals surface area contributed by atoms with Crippen LogP contribution in [0.3, 0.4) is 0 Å². The summed E-state index contributed by atoms with van der Waals surface area (Å²) in [6, 6.07) is 8.30. The number of nitrogens with one attached hydrogen (secondary N) is 1. The van der Waals surface area contributed by atoms with Gasteiger partial charge < -0.3 is 5.32 Å². The van der Waals surface area contributed by atoms with Crippen molar-refractivity contribution >= 4 is 151 Å². The standard InChI is InChI=1S/C23H11Cl5F7N3O.C22H10Cl5F7N4O/c24-14-4-10(5-15(25)20(14)27)12(22(30,31)32)6-16(29)9-1-2-11(13(3-9)23(33,34)35)18(39)8-36-17-7-19(26)37-38-21(17)28;23-13-4-9(5-14(24)18(13)26)11(21(29,30)31)6-15(28)8-1-2-10(12(3-8)22(32,33)34)20(39)38(35)16-7-17(25)36-37-19(16)27/h1-7,12H,8H2,(H,36,37);1-7,11H,35H2/b16-6-;15-6-. The molecule has 0 radical (unpaired) electrons. The van der Waals surface area contributed by atoms with Crippen molar-refractivity contribution in [2.24, 2.45) is 5.84 Å². The molecule has 0 spiro atoms. The average Bonchev–Trinajstić information content (AvgIpc) is 3.34. The van der Waals surface area contributed by atoms with E-state index in [1.165, 1.54) is 6.07 Å². The van der Waals surface area contributed by atoms with Crippen LogP contribution < -0.4 is 16.2 Å². The number of anilines is 2. The molecule has 6 rings (SSSR count). The summed E-state index contributed by atoms with van der Waals surface area (Å²) in [5.74, 6) is -5.60. The van der Waals surface area contributed by atoms with Crippen LogP contribution in [0, 0.1) is 0 Å². The predicted molar refractivity (Wildman–Crippen MR) is 270 cm³/mol. The van der Waals surface area contributed by atoms with Crippen molar-refractivity contribution in [1.82, 2.24) is 20.4 Å². The van der Waals surface area contributed by atoms with E-state index in [9.17, 15) is 66.7 Å². The topological polar surface area (TPSA) is 127 Å². The summed E-state index contributed by atoms with van der Waals surface area (Å²) in [4.78, 5) is 25.4. The molecule has 2 atom stereocenters. The Morgan fingerprint density at radius 1 is 0.538 bits per heavy atom. The van der Waals surface area contributed by atoms with Crippen molar-refractivity contribution in [2.75, 3.05) is 16.9 Å². The van der Waals surface area contributed by atoms with Crippen molar-refractivity contribution in [3.8, 4) is 0 Å². The molecule has 416 valence electrons. The lowest BCUT2D eigenvalue weighted by Gasteiger charge is -2.21. The maximum absolute atomic E-state index is 15.0. The van der Waals surface area contributed by atoms with E-state index >= 15 is 4.39 Å². The number of hydrogen-bond acceptors (Lipinski definition) is 8. The van der Waals surface area contributed by atoms with Gasteiger partial charge in [0, 0.05) is 28.8 Å². The van der Waals surface area contributed by atoms with E-state index in [4.69, 9.17) is 122 Å². The molecular formula is C45H21Cl10F14N7O2. The quantitative estimate of drug-likeness (QED) is 0.0310. The molecule has 0 aliphatic heterocycles. The van der Waals surface area contributed by atoms with Crippen LogP contribution in [-0.4, -0.2) is 51.0 Å².